The third-order valence-electron chi connectivity index (χ3n) is 10.7. The van der Waals surface area contributed by atoms with Gasteiger partial charge in [0, 0.05) is 49.4 Å². The minimum absolute atomic E-state index is 0.0208. The van der Waals surface area contributed by atoms with Gasteiger partial charge in [0.2, 0.25) is 0 Å². The highest BCUT2D eigenvalue weighted by Gasteiger charge is 2.36. The number of amides is 4. The quantitative estimate of drug-likeness (QED) is 0.103. The number of hydrogen-bond acceptors (Lipinski definition) is 10. The lowest BCUT2D eigenvalue weighted by Crippen LogP contribution is -2.55. The van der Waals surface area contributed by atoms with Crippen molar-refractivity contribution in [2.24, 2.45) is 0 Å². The highest BCUT2D eigenvalue weighted by atomic mass is 127. The molecule has 2 aliphatic rings. The number of aliphatic hydroxyl groups excluding tert-OH is 4. The molecule has 6 rings (SSSR count). The van der Waals surface area contributed by atoms with Crippen LogP contribution in [-0.2, 0) is 38.7 Å². The molecule has 0 bridgehead atoms. The molecule has 14 nitrogen and oxygen atoms in total. The van der Waals surface area contributed by atoms with Crippen LogP contribution < -0.4 is 15.5 Å². The van der Waals surface area contributed by atoms with Gasteiger partial charge in [0.25, 0.3) is 23.6 Å². The number of phenols is 1. The van der Waals surface area contributed by atoms with Crippen molar-refractivity contribution < 1.29 is 44.7 Å². The van der Waals surface area contributed by atoms with E-state index in [0.29, 0.717) is 42.9 Å². The zero-order valence-corrected chi connectivity index (χ0v) is 34.4. The summed E-state index contributed by atoms with van der Waals surface area (Å²) in [5.74, 6) is -3.21. The molecular formula is C43H48IN5O9. The second kappa shape index (κ2) is 18.7. The van der Waals surface area contributed by atoms with Gasteiger partial charge in [-0.2, -0.15) is 0 Å². The van der Waals surface area contributed by atoms with Gasteiger partial charge in [-0.25, -0.2) is 0 Å². The summed E-state index contributed by atoms with van der Waals surface area (Å²) in [5, 5.41) is 58.5. The van der Waals surface area contributed by atoms with Crippen molar-refractivity contribution in [1.82, 2.24) is 20.4 Å². The Kier molecular flexibility index (Phi) is 13.7. The summed E-state index contributed by atoms with van der Waals surface area (Å²) < 4.78 is 0.822. The van der Waals surface area contributed by atoms with Gasteiger partial charge in [0.05, 0.1) is 11.7 Å². The van der Waals surface area contributed by atoms with Crippen molar-refractivity contribution in [1.29, 1.82) is 0 Å². The number of carbonyl (C=O) groups is 4. The van der Waals surface area contributed by atoms with E-state index in [1.807, 2.05) is 72.5 Å². The number of carbonyl (C=O) groups excluding carboxylic acids is 4. The monoisotopic (exact) mass is 905 g/mol. The SMILES string of the molecule is Cc1ccc([C@H](C)NC(=O)C(O)C(O)C(=O)N2CCN(c3ccccc3O)CC2)c(-c2cc(I)cc(CNC(=O)C(O)C(O)C(=O)N3CCc4ccccc4C3)c2)c1. The third kappa shape index (κ3) is 9.78. The van der Waals surface area contributed by atoms with E-state index in [1.165, 1.54) is 9.80 Å². The number of rotatable bonds is 12. The zero-order valence-electron chi connectivity index (χ0n) is 32.2. The van der Waals surface area contributed by atoms with Crippen molar-refractivity contribution in [2.75, 3.05) is 37.6 Å². The standard InChI is InChI=1S/C43H48IN5O9/c1-25-11-12-32(26(2)46-41(56)37(52)39(54)42(57)48-17-15-47(16-18-48)34-9-5-6-10-35(34)50)33(19-25)30-20-27(21-31(44)22-30)23-45-40(55)36(51)38(53)43(58)49-14-13-28-7-3-4-8-29(28)24-49/h3-12,19-22,26,36-39,50-54H,13-18,23-24H2,1-2H3,(H,45,55)(H,46,56)/t26-,36?,37?,38?,39?/m0/s1. The summed E-state index contributed by atoms with van der Waals surface area (Å²) >= 11 is 2.14. The Labute approximate surface area is 350 Å². The smallest absolute Gasteiger partial charge is 0.255 e. The third-order valence-corrected chi connectivity index (χ3v) is 11.3. The van der Waals surface area contributed by atoms with Gasteiger partial charge in [-0.05, 0) is 107 Å². The lowest BCUT2D eigenvalue weighted by atomic mass is 9.92. The maximum atomic E-state index is 13.3. The molecule has 4 amide bonds. The second-order valence-corrected chi connectivity index (χ2v) is 16.0. The van der Waals surface area contributed by atoms with Crippen LogP contribution in [0.2, 0.25) is 0 Å². The summed E-state index contributed by atoms with van der Waals surface area (Å²) in [6, 6.07) is 25.1. The summed E-state index contributed by atoms with van der Waals surface area (Å²) in [4.78, 5) is 57.2. The molecule has 0 radical (unpaired) electrons. The van der Waals surface area contributed by atoms with Crippen molar-refractivity contribution in [3.05, 3.63) is 116 Å². The molecule has 306 valence electrons. The van der Waals surface area contributed by atoms with Crippen LogP contribution in [0.25, 0.3) is 11.1 Å². The molecule has 0 aromatic heterocycles. The first-order valence-corrected chi connectivity index (χ1v) is 20.2. The largest absolute Gasteiger partial charge is 0.506 e. The number of halogens is 1. The lowest BCUT2D eigenvalue weighted by molar-refractivity contribution is -0.153. The van der Waals surface area contributed by atoms with E-state index in [1.54, 1.807) is 31.2 Å². The van der Waals surface area contributed by atoms with E-state index in [9.17, 15) is 44.7 Å². The van der Waals surface area contributed by atoms with Crippen LogP contribution in [0.1, 0.15) is 40.8 Å². The molecule has 2 heterocycles. The summed E-state index contributed by atoms with van der Waals surface area (Å²) in [5.41, 5.74) is 6.46. The molecular weight excluding hydrogens is 857 g/mol. The molecule has 7 N–H and O–H groups in total. The Balaban J connectivity index is 1.06. The van der Waals surface area contributed by atoms with Gasteiger partial charge < -0.3 is 50.9 Å². The van der Waals surface area contributed by atoms with Gasteiger partial charge >= 0.3 is 0 Å². The highest BCUT2D eigenvalue weighted by Crippen LogP contribution is 2.32. The number of nitrogens with zero attached hydrogens (tertiary/aromatic N) is 3. The minimum Gasteiger partial charge on any atom is -0.506 e. The fourth-order valence-electron chi connectivity index (χ4n) is 7.39. The Hall–Kier alpha value is -5.07. The molecule has 0 aliphatic carbocycles. The van der Waals surface area contributed by atoms with Gasteiger partial charge in [0.1, 0.15) is 5.75 Å². The number of hydrogen-bond donors (Lipinski definition) is 7. The first kappa shape index (κ1) is 42.5. The molecule has 4 unspecified atom stereocenters. The molecule has 1 fully saturated rings. The fraction of sp³-hybridized carbons (Fsp3) is 0.349. The zero-order chi connectivity index (χ0) is 41.7. The Morgan fingerprint density at radius 3 is 2.07 bits per heavy atom. The molecule has 1 saturated heterocycles. The van der Waals surface area contributed by atoms with E-state index in [2.05, 4.69) is 33.2 Å². The summed E-state index contributed by atoms with van der Waals surface area (Å²) in [7, 11) is 0. The second-order valence-electron chi connectivity index (χ2n) is 14.7. The normalized spacial score (nSPS) is 16.7. The van der Waals surface area contributed by atoms with Crippen LogP contribution in [0.5, 0.6) is 5.75 Å². The Morgan fingerprint density at radius 2 is 1.36 bits per heavy atom. The number of anilines is 1. The molecule has 5 atom stereocenters. The number of nitrogens with one attached hydrogen (secondary N) is 2. The van der Waals surface area contributed by atoms with Crippen molar-refractivity contribution in [3.8, 4) is 16.9 Å². The van der Waals surface area contributed by atoms with Crippen molar-refractivity contribution in [2.45, 2.75) is 63.8 Å². The predicted octanol–water partition coefficient (Wildman–Crippen LogP) is 2.14. The van der Waals surface area contributed by atoms with Gasteiger partial charge in [-0.1, -0.05) is 60.2 Å². The summed E-state index contributed by atoms with van der Waals surface area (Å²) in [6.45, 7) is 5.47. The first-order chi connectivity index (χ1) is 27.7. The van der Waals surface area contributed by atoms with Crippen LogP contribution >= 0.6 is 22.6 Å². The number of para-hydroxylation sites is 2. The number of aryl methyl sites for hydroxylation is 1. The average molecular weight is 906 g/mol. The molecule has 0 spiro atoms. The topological polar surface area (TPSA) is 203 Å². The molecule has 4 aromatic carbocycles. The number of fused-ring (bicyclic) bond motifs is 1. The number of aliphatic hydroxyl groups is 4. The van der Waals surface area contributed by atoms with Gasteiger partial charge in [-0.3, -0.25) is 19.2 Å². The van der Waals surface area contributed by atoms with E-state index in [0.717, 1.165) is 31.4 Å². The van der Waals surface area contributed by atoms with Crippen LogP contribution in [0.4, 0.5) is 5.69 Å². The molecule has 4 aromatic rings. The molecule has 58 heavy (non-hydrogen) atoms. The lowest BCUT2D eigenvalue weighted by Gasteiger charge is -2.37. The van der Waals surface area contributed by atoms with Crippen LogP contribution in [0.15, 0.2) is 84.9 Å². The number of aromatic hydroxyl groups is 1. The number of phenolic OH excluding ortho intramolecular Hbond substituents is 1. The van der Waals surface area contributed by atoms with E-state index >= 15 is 0 Å². The van der Waals surface area contributed by atoms with Crippen LogP contribution in [-0.4, -0.2) is 116 Å². The van der Waals surface area contributed by atoms with Gasteiger partial charge in [0.15, 0.2) is 24.4 Å². The molecule has 2 aliphatic heterocycles. The van der Waals surface area contributed by atoms with Crippen molar-refractivity contribution >= 4 is 51.9 Å². The highest BCUT2D eigenvalue weighted by molar-refractivity contribution is 14.1. The van der Waals surface area contributed by atoms with Gasteiger partial charge in [-0.15, -0.1) is 0 Å². The maximum absolute atomic E-state index is 13.3. The fourth-order valence-corrected chi connectivity index (χ4v) is 8.13. The van der Waals surface area contributed by atoms with E-state index in [-0.39, 0.29) is 31.9 Å². The van der Waals surface area contributed by atoms with Crippen LogP contribution in [0, 0.1) is 10.5 Å². The average Bonchev–Trinajstić information content (AvgIpc) is 3.23. The first-order valence-electron chi connectivity index (χ1n) is 19.1. The number of piperazine rings is 1. The number of benzene rings is 4. The van der Waals surface area contributed by atoms with E-state index in [4.69, 9.17) is 0 Å². The molecule has 15 heteroatoms. The minimum atomic E-state index is -2.03. The Morgan fingerprint density at radius 1 is 0.724 bits per heavy atom. The van der Waals surface area contributed by atoms with E-state index < -0.39 is 54.1 Å². The molecule has 0 saturated carbocycles. The predicted molar refractivity (Wildman–Crippen MR) is 224 cm³/mol. The summed E-state index contributed by atoms with van der Waals surface area (Å²) in [6.07, 6.45) is -7.34. The Bertz CT molecular complexity index is 2160. The van der Waals surface area contributed by atoms with Crippen molar-refractivity contribution in [3.63, 3.8) is 0 Å². The maximum Gasteiger partial charge on any atom is 0.255 e. The van der Waals surface area contributed by atoms with Crippen LogP contribution in [0.3, 0.4) is 0 Å².